The molecular formula is C14H24O3. The lowest BCUT2D eigenvalue weighted by Crippen LogP contribution is -1.94. The molecule has 0 saturated heterocycles. The van der Waals surface area contributed by atoms with Crippen LogP contribution in [0.3, 0.4) is 0 Å². The van der Waals surface area contributed by atoms with Crippen molar-refractivity contribution in [3.63, 3.8) is 0 Å². The van der Waals surface area contributed by atoms with Crippen LogP contribution in [0.1, 0.15) is 50.5 Å². The average Bonchev–Trinajstić information content (AvgIpc) is 2.34. The number of aldehydes is 1. The first-order valence-corrected chi connectivity index (χ1v) is 6.10. The number of phenols is 1. The first kappa shape index (κ1) is 17.9. The van der Waals surface area contributed by atoms with Gasteiger partial charge < -0.3 is 9.84 Å². The first-order chi connectivity index (χ1) is 8.19. The molecule has 0 aromatic heterocycles. The van der Waals surface area contributed by atoms with E-state index in [1.807, 2.05) is 34.6 Å². The van der Waals surface area contributed by atoms with E-state index in [9.17, 15) is 9.90 Å². The van der Waals surface area contributed by atoms with E-state index in [4.69, 9.17) is 4.74 Å². The number of phenolic OH excluding ortho intramolecular Hbond substituents is 1. The molecule has 98 valence electrons. The van der Waals surface area contributed by atoms with Gasteiger partial charge in [-0.15, -0.1) is 0 Å². The molecule has 0 spiro atoms. The fourth-order valence-corrected chi connectivity index (χ4v) is 1.15. The monoisotopic (exact) mass is 240 g/mol. The van der Waals surface area contributed by atoms with Crippen LogP contribution in [-0.2, 0) is 0 Å². The molecule has 0 fully saturated rings. The molecule has 17 heavy (non-hydrogen) atoms. The van der Waals surface area contributed by atoms with Gasteiger partial charge in [-0.25, -0.2) is 0 Å². The highest BCUT2D eigenvalue weighted by atomic mass is 16.5. The second kappa shape index (κ2) is 11.0. The summed E-state index contributed by atoms with van der Waals surface area (Å²) in [5, 5.41) is 9.39. The van der Waals surface area contributed by atoms with E-state index < -0.39 is 0 Å². The maximum atomic E-state index is 10.5. The van der Waals surface area contributed by atoms with Gasteiger partial charge >= 0.3 is 0 Å². The standard InChI is InChI=1S/C10H12O3.2C2H6/c1-3-13-8-4-7(2)9(6-11)10(12)5-8;2*1-2/h4-6,12H,3H2,1-2H3;2*1-2H3. The SMILES string of the molecule is CC.CC.CCOc1cc(C)c(C=O)c(O)c1. The number of aryl methyl sites for hydroxylation is 1. The highest BCUT2D eigenvalue weighted by molar-refractivity contribution is 5.81. The summed E-state index contributed by atoms with van der Waals surface area (Å²) >= 11 is 0. The molecule has 1 N–H and O–H groups in total. The van der Waals surface area contributed by atoms with Crippen LogP contribution in [0.5, 0.6) is 11.5 Å². The number of rotatable bonds is 3. The third kappa shape index (κ3) is 5.95. The average molecular weight is 240 g/mol. The zero-order valence-electron chi connectivity index (χ0n) is 11.7. The van der Waals surface area contributed by atoms with Crippen molar-refractivity contribution in [2.45, 2.75) is 41.5 Å². The summed E-state index contributed by atoms with van der Waals surface area (Å²) in [7, 11) is 0. The van der Waals surface area contributed by atoms with Gasteiger partial charge in [-0.2, -0.15) is 0 Å². The van der Waals surface area contributed by atoms with E-state index >= 15 is 0 Å². The molecule has 0 unspecified atom stereocenters. The van der Waals surface area contributed by atoms with E-state index in [2.05, 4.69) is 0 Å². The Morgan fingerprint density at radius 1 is 1.24 bits per heavy atom. The van der Waals surface area contributed by atoms with Crippen LogP contribution in [0.2, 0.25) is 0 Å². The second-order valence-corrected chi connectivity index (χ2v) is 2.72. The van der Waals surface area contributed by atoms with E-state index in [-0.39, 0.29) is 5.75 Å². The number of hydrogen-bond donors (Lipinski definition) is 1. The number of benzene rings is 1. The largest absolute Gasteiger partial charge is 0.507 e. The van der Waals surface area contributed by atoms with Crippen LogP contribution in [0.4, 0.5) is 0 Å². The molecule has 3 heteroatoms. The zero-order valence-corrected chi connectivity index (χ0v) is 11.7. The fourth-order valence-electron chi connectivity index (χ4n) is 1.15. The molecule has 3 nitrogen and oxygen atoms in total. The normalized spacial score (nSPS) is 8.12. The Balaban J connectivity index is 0. The summed E-state index contributed by atoms with van der Waals surface area (Å²) in [6, 6.07) is 3.17. The van der Waals surface area contributed by atoms with E-state index in [0.717, 1.165) is 5.56 Å². The number of carbonyl (C=O) groups is 1. The summed E-state index contributed by atoms with van der Waals surface area (Å²) in [4.78, 5) is 10.5. The van der Waals surface area contributed by atoms with Crippen molar-refractivity contribution < 1.29 is 14.6 Å². The maximum absolute atomic E-state index is 10.5. The Kier molecular flexibility index (Phi) is 11.6. The lowest BCUT2D eigenvalue weighted by atomic mass is 10.1. The molecule has 0 amide bonds. The predicted octanol–water partition coefficient (Wildman–Crippen LogP) is 3.96. The molecule has 1 rings (SSSR count). The van der Waals surface area contributed by atoms with Gasteiger partial charge in [0.2, 0.25) is 0 Å². The minimum Gasteiger partial charge on any atom is -0.507 e. The summed E-state index contributed by atoms with van der Waals surface area (Å²) < 4.78 is 5.19. The first-order valence-electron chi connectivity index (χ1n) is 6.10. The van der Waals surface area contributed by atoms with E-state index in [1.54, 1.807) is 13.0 Å². The van der Waals surface area contributed by atoms with Crippen LogP contribution in [-0.4, -0.2) is 18.0 Å². The fraction of sp³-hybridized carbons (Fsp3) is 0.500. The van der Waals surface area contributed by atoms with Crippen LogP contribution >= 0.6 is 0 Å². The predicted molar refractivity (Wildman–Crippen MR) is 72.1 cm³/mol. The van der Waals surface area contributed by atoms with Crippen molar-refractivity contribution >= 4 is 6.29 Å². The van der Waals surface area contributed by atoms with Gasteiger partial charge in [-0.05, 0) is 25.5 Å². The van der Waals surface area contributed by atoms with Crippen molar-refractivity contribution in [1.82, 2.24) is 0 Å². The van der Waals surface area contributed by atoms with Crippen LogP contribution < -0.4 is 4.74 Å². The van der Waals surface area contributed by atoms with Crippen LogP contribution in [0.15, 0.2) is 12.1 Å². The maximum Gasteiger partial charge on any atom is 0.154 e. The molecule has 0 saturated carbocycles. The summed E-state index contributed by atoms with van der Waals surface area (Å²) in [5.41, 5.74) is 1.04. The molecule has 0 aliphatic heterocycles. The highest BCUT2D eigenvalue weighted by Crippen LogP contribution is 2.25. The van der Waals surface area contributed by atoms with Gasteiger partial charge in [0.25, 0.3) is 0 Å². The highest BCUT2D eigenvalue weighted by Gasteiger charge is 2.06. The van der Waals surface area contributed by atoms with Gasteiger partial charge in [0, 0.05) is 6.07 Å². The molecule has 0 radical (unpaired) electrons. The number of carbonyl (C=O) groups excluding carboxylic acids is 1. The van der Waals surface area contributed by atoms with Crippen molar-refractivity contribution in [2.24, 2.45) is 0 Å². The Bertz CT molecular complexity index is 296. The van der Waals surface area contributed by atoms with Crippen molar-refractivity contribution in [2.75, 3.05) is 6.61 Å². The van der Waals surface area contributed by atoms with E-state index in [1.165, 1.54) is 6.07 Å². The zero-order chi connectivity index (χ0) is 13.8. The third-order valence-electron chi connectivity index (χ3n) is 1.77. The smallest absolute Gasteiger partial charge is 0.154 e. The molecule has 0 heterocycles. The molecule has 0 bridgehead atoms. The molecule has 0 aliphatic rings. The number of ether oxygens (including phenoxy) is 1. The quantitative estimate of drug-likeness (QED) is 0.813. The lowest BCUT2D eigenvalue weighted by Gasteiger charge is -2.07. The van der Waals surface area contributed by atoms with Gasteiger partial charge in [0.15, 0.2) is 6.29 Å². The van der Waals surface area contributed by atoms with Crippen LogP contribution in [0.25, 0.3) is 0 Å². The van der Waals surface area contributed by atoms with Gasteiger partial charge in [-0.1, -0.05) is 27.7 Å². The van der Waals surface area contributed by atoms with Crippen molar-refractivity contribution in [1.29, 1.82) is 0 Å². The summed E-state index contributed by atoms with van der Waals surface area (Å²) in [6.45, 7) is 12.2. The Hall–Kier alpha value is -1.51. The van der Waals surface area contributed by atoms with Gasteiger partial charge in [-0.3, -0.25) is 4.79 Å². The molecule has 0 aliphatic carbocycles. The number of aromatic hydroxyl groups is 1. The molecule has 1 aromatic carbocycles. The van der Waals surface area contributed by atoms with Crippen molar-refractivity contribution in [3.8, 4) is 11.5 Å². The summed E-state index contributed by atoms with van der Waals surface area (Å²) in [6.07, 6.45) is 0.639. The Morgan fingerprint density at radius 2 is 1.76 bits per heavy atom. The minimum absolute atomic E-state index is 0.0292. The van der Waals surface area contributed by atoms with Crippen LogP contribution in [0, 0.1) is 6.92 Å². The molecule has 0 atom stereocenters. The number of hydrogen-bond acceptors (Lipinski definition) is 3. The van der Waals surface area contributed by atoms with Gasteiger partial charge in [0.05, 0.1) is 12.2 Å². The molecular weight excluding hydrogens is 216 g/mol. The Labute approximate surface area is 104 Å². The topological polar surface area (TPSA) is 46.5 Å². The second-order valence-electron chi connectivity index (χ2n) is 2.72. The van der Waals surface area contributed by atoms with Crippen molar-refractivity contribution in [3.05, 3.63) is 23.3 Å². The minimum atomic E-state index is -0.0292. The molecule has 1 aromatic rings. The van der Waals surface area contributed by atoms with Gasteiger partial charge in [0.1, 0.15) is 11.5 Å². The lowest BCUT2D eigenvalue weighted by molar-refractivity contribution is 0.112. The third-order valence-corrected chi connectivity index (χ3v) is 1.77. The summed E-state index contributed by atoms with van der Waals surface area (Å²) in [5.74, 6) is 0.557. The van der Waals surface area contributed by atoms with E-state index in [0.29, 0.717) is 24.2 Å². The Morgan fingerprint density at radius 3 is 2.12 bits per heavy atom.